The predicted molar refractivity (Wildman–Crippen MR) is 7.61 cm³/mol. The zero-order valence-electron chi connectivity index (χ0n) is 2.46. The van der Waals surface area contributed by atoms with Gasteiger partial charge < -0.3 is 19.2 Å². The minimum Gasteiger partial charge on any atom is -0.822 e. The zero-order chi connectivity index (χ0) is 4.50. The van der Waals surface area contributed by atoms with E-state index in [4.69, 9.17) is 19.2 Å². The Hall–Kier alpha value is 0.629. The smallest absolute Gasteiger partial charge is 0.822 e. The molecule has 0 bridgehead atoms. The Kier molecular flexibility index (Phi) is 4.49. The van der Waals surface area contributed by atoms with Crippen LogP contribution >= 0.6 is 7.82 Å². The van der Waals surface area contributed by atoms with Crippen molar-refractivity contribution in [1.82, 2.24) is 0 Å². The van der Waals surface area contributed by atoms with Gasteiger partial charge in [-0.15, -0.1) is 0 Å². The van der Waals surface area contributed by atoms with Crippen LogP contribution in [-0.4, -0.2) is 0 Å². The van der Waals surface area contributed by atoms with Gasteiger partial charge in [0.2, 0.25) is 0 Å². The van der Waals surface area contributed by atoms with Gasteiger partial charge in [0.15, 0.2) is 0 Å². The van der Waals surface area contributed by atoms with Crippen LogP contribution in [-0.2, 0) is 21.6 Å². The van der Waals surface area contributed by atoms with Crippen molar-refractivity contribution in [3.05, 3.63) is 0 Å². The quantitative estimate of drug-likeness (QED) is 0.275. The minimum atomic E-state index is -5.39. The van der Waals surface area contributed by atoms with Crippen molar-refractivity contribution in [3.8, 4) is 0 Å². The van der Waals surface area contributed by atoms with Gasteiger partial charge in [-0.1, -0.05) is 0 Å². The Labute approximate surface area is 44.9 Å². The van der Waals surface area contributed by atoms with E-state index in [1.165, 1.54) is 0 Å². The maximum atomic E-state index is 8.55. The van der Waals surface area contributed by atoms with Gasteiger partial charge in [-0.05, 0) is 0 Å². The van der Waals surface area contributed by atoms with Gasteiger partial charge in [0.05, 0.1) is 0 Å². The maximum absolute atomic E-state index is 8.55. The summed E-state index contributed by atoms with van der Waals surface area (Å²) >= 11 is 0. The third-order valence-corrected chi connectivity index (χ3v) is 0. The minimum absolute atomic E-state index is 0. The summed E-state index contributed by atoms with van der Waals surface area (Å²) in [6.45, 7) is 0. The summed E-state index contributed by atoms with van der Waals surface area (Å²) in [4.78, 5) is 25.6. The zero-order valence-corrected chi connectivity index (χ0v) is 4.53. The van der Waals surface area contributed by atoms with E-state index < -0.39 is 7.82 Å². The molecule has 0 aliphatic heterocycles. The van der Waals surface area contributed by atoms with Crippen LogP contribution in [0.1, 0.15) is 0 Å². The van der Waals surface area contributed by atoms with E-state index >= 15 is 0 Å². The molecule has 4 nitrogen and oxygen atoms in total. The van der Waals surface area contributed by atoms with Crippen LogP contribution in [0.5, 0.6) is 0 Å². The van der Waals surface area contributed by atoms with Crippen LogP contribution in [0, 0.1) is 0 Å². The van der Waals surface area contributed by atoms with Crippen LogP contribution in [0.2, 0.25) is 0 Å². The van der Waals surface area contributed by atoms with Gasteiger partial charge in [-0.2, -0.15) is 7.82 Å². The van der Waals surface area contributed by atoms with E-state index in [1.807, 2.05) is 0 Å². The molecule has 36 valence electrons. The fourth-order valence-electron chi connectivity index (χ4n) is 0. The summed E-state index contributed by atoms with van der Waals surface area (Å²) in [7, 11) is -5.39. The summed E-state index contributed by atoms with van der Waals surface area (Å²) in [5.41, 5.74) is 0. The molecule has 0 amide bonds. The third kappa shape index (κ3) is 154. The van der Waals surface area contributed by atoms with Crippen molar-refractivity contribution < 1.29 is 36.3 Å². The molecule has 0 aromatic rings. The second-order valence-electron chi connectivity index (χ2n) is 0.447. The summed E-state index contributed by atoms with van der Waals surface area (Å²) in [6, 6.07) is 0. The van der Waals surface area contributed by atoms with Gasteiger partial charge in [0.25, 0.3) is 0 Å². The van der Waals surface area contributed by atoms with E-state index in [1.54, 1.807) is 0 Å². The largest absolute Gasteiger partial charge is 3.00 e. The van der Waals surface area contributed by atoms with Crippen molar-refractivity contribution in [1.29, 1.82) is 0 Å². The fourth-order valence-corrected chi connectivity index (χ4v) is 0. The van der Waals surface area contributed by atoms with Gasteiger partial charge in [0, 0.05) is 0 Å². The standard InChI is InChI=1S/Mn.H3O4P/c;1-5(2,3)4/h;(H3,1,2,3,4)/q+3;/p-3. The molecule has 0 saturated carbocycles. The molecule has 0 fully saturated rings. The molecule has 0 aromatic carbocycles. The number of rotatable bonds is 0. The molecule has 0 rings (SSSR count). The molecule has 0 heterocycles. The summed E-state index contributed by atoms with van der Waals surface area (Å²) in [5, 5.41) is 0. The second-order valence-corrected chi connectivity index (χ2v) is 1.34. The Morgan fingerprint density at radius 3 is 1.17 bits per heavy atom. The van der Waals surface area contributed by atoms with Gasteiger partial charge in [-0.25, -0.2) is 0 Å². The maximum Gasteiger partial charge on any atom is 3.00 e. The second kappa shape index (κ2) is 2.75. The van der Waals surface area contributed by atoms with Crippen LogP contribution in [0.3, 0.4) is 0 Å². The summed E-state index contributed by atoms with van der Waals surface area (Å²) < 4.78 is 8.55. The first-order valence-corrected chi connectivity index (χ1v) is 2.19. The summed E-state index contributed by atoms with van der Waals surface area (Å²) in [6.07, 6.45) is 0. The molecule has 0 aliphatic carbocycles. The van der Waals surface area contributed by atoms with Crippen molar-refractivity contribution >= 4 is 7.82 Å². The van der Waals surface area contributed by atoms with E-state index in [9.17, 15) is 0 Å². The molecule has 0 spiro atoms. The van der Waals surface area contributed by atoms with Crippen LogP contribution in [0.4, 0.5) is 0 Å². The van der Waals surface area contributed by atoms with E-state index in [0.717, 1.165) is 0 Å². The van der Waals surface area contributed by atoms with E-state index in [2.05, 4.69) is 0 Å². The van der Waals surface area contributed by atoms with E-state index in [-0.39, 0.29) is 17.1 Å². The molecule has 0 unspecified atom stereocenters. The van der Waals surface area contributed by atoms with Crippen LogP contribution < -0.4 is 14.7 Å². The van der Waals surface area contributed by atoms with E-state index in [0.29, 0.717) is 0 Å². The van der Waals surface area contributed by atoms with Crippen LogP contribution in [0.25, 0.3) is 0 Å². The molecule has 6 heteroatoms. The Bertz CT molecular complexity index is 53.7. The molecule has 0 aliphatic rings. The first-order valence-electron chi connectivity index (χ1n) is 0.730. The first-order chi connectivity index (χ1) is 2.00. The Morgan fingerprint density at radius 1 is 1.17 bits per heavy atom. The molecule has 0 atom stereocenters. The summed E-state index contributed by atoms with van der Waals surface area (Å²) in [5.74, 6) is 0. The number of hydrogen-bond acceptors (Lipinski definition) is 4. The fraction of sp³-hybridized carbons (Fsp3) is 0. The molecule has 0 saturated heterocycles. The van der Waals surface area contributed by atoms with Crippen molar-refractivity contribution in [2.75, 3.05) is 0 Å². The van der Waals surface area contributed by atoms with Gasteiger partial charge >= 0.3 is 17.1 Å². The Morgan fingerprint density at radius 2 is 1.17 bits per heavy atom. The molecular weight excluding hydrogens is 150 g/mol. The number of hydrogen-bond donors (Lipinski definition) is 0. The first kappa shape index (κ1) is 9.80. The average molecular weight is 150 g/mol. The molecular formula is MnO4P. The van der Waals surface area contributed by atoms with Crippen molar-refractivity contribution in [2.24, 2.45) is 0 Å². The van der Waals surface area contributed by atoms with Crippen molar-refractivity contribution in [3.63, 3.8) is 0 Å². The van der Waals surface area contributed by atoms with Gasteiger partial charge in [0.1, 0.15) is 0 Å². The number of phosphoric acid groups is 1. The molecule has 0 aromatic heterocycles. The molecule has 0 radical (unpaired) electrons. The van der Waals surface area contributed by atoms with Crippen molar-refractivity contribution in [2.45, 2.75) is 0 Å². The predicted octanol–water partition coefficient (Wildman–Crippen LogP) is -2.83. The van der Waals surface area contributed by atoms with Gasteiger partial charge in [-0.3, -0.25) is 0 Å². The SMILES string of the molecule is O=P([O-])([O-])[O-].[Mn+3]. The van der Waals surface area contributed by atoms with Crippen LogP contribution in [0.15, 0.2) is 0 Å². The Balaban J connectivity index is 0. The topological polar surface area (TPSA) is 86.2 Å². The normalized spacial score (nSPS) is 9.83. The molecule has 0 N–H and O–H groups in total. The molecule has 6 heavy (non-hydrogen) atoms. The average Bonchev–Trinajstić information content (AvgIpc) is 0.722. The third-order valence-electron chi connectivity index (χ3n) is 0. The monoisotopic (exact) mass is 150 g/mol.